The molecule has 1 fully saturated rings. The van der Waals surface area contributed by atoms with Gasteiger partial charge in [-0.05, 0) is 18.1 Å². The zero-order valence-electron chi connectivity index (χ0n) is 12.2. The number of furan rings is 1. The highest BCUT2D eigenvalue weighted by molar-refractivity contribution is 5.94. The van der Waals surface area contributed by atoms with Gasteiger partial charge < -0.3 is 19.2 Å². The maximum atomic E-state index is 12.1. The number of hydrogen-bond acceptors (Lipinski definition) is 4. The van der Waals surface area contributed by atoms with Crippen LogP contribution in [0.5, 0.6) is 0 Å². The maximum absolute atomic E-state index is 12.1. The molecule has 1 aliphatic heterocycles. The van der Waals surface area contributed by atoms with E-state index in [1.165, 1.54) is 12.5 Å². The van der Waals surface area contributed by atoms with Crippen LogP contribution in [-0.2, 0) is 16.1 Å². The van der Waals surface area contributed by atoms with Gasteiger partial charge in [0.2, 0.25) is 0 Å². The van der Waals surface area contributed by atoms with Crippen molar-refractivity contribution in [1.82, 2.24) is 5.32 Å². The smallest absolute Gasteiger partial charge is 0.254 e. The van der Waals surface area contributed by atoms with Crippen molar-refractivity contribution in [2.75, 3.05) is 13.2 Å². The highest BCUT2D eigenvalue weighted by Crippen LogP contribution is 2.15. The molecule has 22 heavy (non-hydrogen) atoms. The van der Waals surface area contributed by atoms with Crippen molar-refractivity contribution in [2.24, 2.45) is 0 Å². The molecule has 5 nitrogen and oxygen atoms in total. The summed E-state index contributed by atoms with van der Waals surface area (Å²) in [5.41, 5.74) is 1.63. The summed E-state index contributed by atoms with van der Waals surface area (Å²) in [7, 11) is 0. The van der Waals surface area contributed by atoms with Gasteiger partial charge in [-0.2, -0.15) is 0 Å². The molecule has 5 heteroatoms. The Morgan fingerprint density at radius 3 is 2.91 bits per heavy atom. The predicted octanol–water partition coefficient (Wildman–Crippen LogP) is 2.38. The quantitative estimate of drug-likeness (QED) is 0.921. The number of carbonyl (C=O) groups excluding carboxylic acids is 1. The van der Waals surface area contributed by atoms with Crippen molar-refractivity contribution in [2.45, 2.75) is 25.2 Å². The Morgan fingerprint density at radius 2 is 2.14 bits per heavy atom. The van der Waals surface area contributed by atoms with E-state index in [1.807, 2.05) is 30.3 Å². The fourth-order valence-electron chi connectivity index (χ4n) is 2.48. The van der Waals surface area contributed by atoms with Crippen LogP contribution in [0.15, 0.2) is 53.3 Å². The van der Waals surface area contributed by atoms with Gasteiger partial charge >= 0.3 is 0 Å². The Hall–Kier alpha value is -2.11. The third kappa shape index (κ3) is 3.75. The zero-order valence-corrected chi connectivity index (χ0v) is 12.2. The normalized spacial score (nSPS) is 21.5. The molecule has 116 valence electrons. The summed E-state index contributed by atoms with van der Waals surface area (Å²) >= 11 is 0. The van der Waals surface area contributed by atoms with Gasteiger partial charge in [-0.3, -0.25) is 4.79 Å². The fraction of sp³-hybridized carbons (Fsp3) is 0.353. The Kier molecular flexibility index (Phi) is 4.88. The molecule has 2 aromatic rings. The molecule has 0 aliphatic carbocycles. The van der Waals surface area contributed by atoms with Crippen LogP contribution in [0.3, 0.4) is 0 Å². The molecule has 2 heterocycles. The van der Waals surface area contributed by atoms with Crippen molar-refractivity contribution >= 4 is 5.91 Å². The molecule has 1 N–H and O–H groups in total. The lowest BCUT2D eigenvalue weighted by molar-refractivity contribution is -0.0605. The monoisotopic (exact) mass is 301 g/mol. The predicted molar refractivity (Wildman–Crippen MR) is 80.4 cm³/mol. The number of nitrogens with one attached hydrogen (secondary N) is 1. The van der Waals surface area contributed by atoms with Gasteiger partial charge in [-0.15, -0.1) is 0 Å². The molecule has 2 atom stereocenters. The molecule has 0 unspecified atom stereocenters. The Labute approximate surface area is 129 Å². The van der Waals surface area contributed by atoms with Gasteiger partial charge in [0.05, 0.1) is 37.2 Å². The molecule has 1 saturated heterocycles. The standard InChI is InChI=1S/C17H19NO4/c19-17(14-6-8-20-11-14)18-15-12-21-9-7-16(15)22-10-13-4-2-1-3-5-13/h1-6,8,11,15-16H,7,9-10,12H2,(H,18,19)/t15-,16+/m1/s1. The molecule has 0 radical (unpaired) electrons. The van der Waals surface area contributed by atoms with Crippen LogP contribution in [0.4, 0.5) is 0 Å². The van der Waals surface area contributed by atoms with Crippen LogP contribution in [0.2, 0.25) is 0 Å². The summed E-state index contributed by atoms with van der Waals surface area (Å²) in [5.74, 6) is -0.169. The molecule has 3 rings (SSSR count). The van der Waals surface area contributed by atoms with Crippen molar-refractivity contribution in [3.8, 4) is 0 Å². The summed E-state index contributed by atoms with van der Waals surface area (Å²) in [6.07, 6.45) is 3.63. The maximum Gasteiger partial charge on any atom is 0.254 e. The third-order valence-electron chi connectivity index (χ3n) is 3.70. The van der Waals surface area contributed by atoms with Gasteiger partial charge in [0.25, 0.3) is 5.91 Å². The summed E-state index contributed by atoms with van der Waals surface area (Å²) in [6.45, 7) is 1.64. The summed E-state index contributed by atoms with van der Waals surface area (Å²) in [4.78, 5) is 12.1. The average Bonchev–Trinajstić information content (AvgIpc) is 3.10. The van der Waals surface area contributed by atoms with Gasteiger partial charge in [0, 0.05) is 6.61 Å². The lowest BCUT2D eigenvalue weighted by Crippen LogP contribution is -2.50. The topological polar surface area (TPSA) is 60.7 Å². The minimum Gasteiger partial charge on any atom is -0.472 e. The van der Waals surface area contributed by atoms with E-state index in [2.05, 4.69) is 5.32 Å². The van der Waals surface area contributed by atoms with Gasteiger partial charge in [-0.25, -0.2) is 0 Å². The number of hydrogen-bond donors (Lipinski definition) is 1. The lowest BCUT2D eigenvalue weighted by Gasteiger charge is -2.32. The zero-order chi connectivity index (χ0) is 15.2. The SMILES string of the molecule is O=C(N[C@@H]1COCC[C@@H]1OCc1ccccc1)c1ccoc1. The largest absolute Gasteiger partial charge is 0.472 e. The molecule has 1 aromatic carbocycles. The van der Waals surface area contributed by atoms with Crippen LogP contribution in [0.1, 0.15) is 22.3 Å². The first kappa shape index (κ1) is 14.8. The number of rotatable bonds is 5. The van der Waals surface area contributed by atoms with E-state index < -0.39 is 0 Å². The summed E-state index contributed by atoms with van der Waals surface area (Å²) in [6, 6.07) is 11.5. The van der Waals surface area contributed by atoms with E-state index in [-0.39, 0.29) is 18.1 Å². The van der Waals surface area contributed by atoms with Crippen molar-refractivity contribution in [3.05, 3.63) is 60.1 Å². The van der Waals surface area contributed by atoms with Gasteiger partial charge in [-0.1, -0.05) is 30.3 Å². The van der Waals surface area contributed by atoms with Crippen LogP contribution in [-0.4, -0.2) is 31.3 Å². The lowest BCUT2D eigenvalue weighted by atomic mass is 10.1. The Bertz CT molecular complexity index is 582. The molecule has 1 amide bonds. The fourth-order valence-corrected chi connectivity index (χ4v) is 2.48. The Morgan fingerprint density at radius 1 is 1.27 bits per heavy atom. The number of ether oxygens (including phenoxy) is 2. The average molecular weight is 301 g/mol. The molecule has 0 bridgehead atoms. The van der Waals surface area contributed by atoms with Crippen LogP contribution in [0.25, 0.3) is 0 Å². The van der Waals surface area contributed by atoms with Crippen LogP contribution >= 0.6 is 0 Å². The first-order chi connectivity index (χ1) is 10.8. The Balaban J connectivity index is 1.57. The number of benzene rings is 1. The minimum absolute atomic E-state index is 0.0511. The first-order valence-corrected chi connectivity index (χ1v) is 7.39. The molecule has 1 aromatic heterocycles. The molecular weight excluding hydrogens is 282 g/mol. The second kappa shape index (κ2) is 7.24. The van der Waals surface area contributed by atoms with E-state index in [9.17, 15) is 4.79 Å². The van der Waals surface area contributed by atoms with Gasteiger partial charge in [0.15, 0.2) is 0 Å². The highest BCUT2D eigenvalue weighted by Gasteiger charge is 2.28. The minimum atomic E-state index is -0.169. The van der Waals surface area contributed by atoms with Gasteiger partial charge in [0.1, 0.15) is 6.26 Å². The number of carbonyl (C=O) groups is 1. The summed E-state index contributed by atoms with van der Waals surface area (Å²) in [5, 5.41) is 2.96. The van der Waals surface area contributed by atoms with Crippen LogP contribution < -0.4 is 5.32 Å². The molecular formula is C17H19NO4. The molecule has 0 saturated carbocycles. The highest BCUT2D eigenvalue weighted by atomic mass is 16.5. The van der Waals surface area contributed by atoms with Crippen LogP contribution in [0, 0.1) is 0 Å². The first-order valence-electron chi connectivity index (χ1n) is 7.39. The molecule has 0 spiro atoms. The van der Waals surface area contributed by atoms with Crippen molar-refractivity contribution < 1.29 is 18.7 Å². The third-order valence-corrected chi connectivity index (χ3v) is 3.70. The second-order valence-corrected chi connectivity index (χ2v) is 5.29. The number of amides is 1. The van der Waals surface area contributed by atoms with E-state index in [0.717, 1.165) is 12.0 Å². The van der Waals surface area contributed by atoms with Crippen molar-refractivity contribution in [3.63, 3.8) is 0 Å². The van der Waals surface area contributed by atoms with E-state index in [1.54, 1.807) is 6.07 Å². The van der Waals surface area contributed by atoms with E-state index >= 15 is 0 Å². The van der Waals surface area contributed by atoms with E-state index in [0.29, 0.717) is 25.4 Å². The van der Waals surface area contributed by atoms with Crippen molar-refractivity contribution in [1.29, 1.82) is 0 Å². The second-order valence-electron chi connectivity index (χ2n) is 5.29. The summed E-state index contributed by atoms with van der Waals surface area (Å²) < 4.78 is 16.4. The molecule has 1 aliphatic rings. The van der Waals surface area contributed by atoms with E-state index in [4.69, 9.17) is 13.9 Å².